The van der Waals surface area contributed by atoms with Gasteiger partial charge in [-0.2, -0.15) is 4.98 Å². The van der Waals surface area contributed by atoms with Gasteiger partial charge in [-0.25, -0.2) is 0 Å². The number of nitrogens with one attached hydrogen (secondary N) is 2. The van der Waals surface area contributed by atoms with Crippen LogP contribution in [0, 0.1) is 0 Å². The molecule has 2 aliphatic heterocycles. The Morgan fingerprint density at radius 2 is 2.05 bits per heavy atom. The van der Waals surface area contributed by atoms with Crippen LogP contribution in [0.1, 0.15) is 16.6 Å². The zero-order valence-corrected chi connectivity index (χ0v) is 12.0. The minimum Gasteiger partial charge on any atom is -0.337 e. The van der Waals surface area contributed by atoms with Crippen molar-refractivity contribution in [1.82, 2.24) is 20.5 Å². The van der Waals surface area contributed by atoms with Crippen molar-refractivity contribution in [3.05, 3.63) is 35.7 Å². The molecule has 6 heteroatoms. The Hall–Kier alpha value is -1.53. The third-order valence-electron chi connectivity index (χ3n) is 3.84. The van der Waals surface area contributed by atoms with Gasteiger partial charge >= 0.3 is 0 Å². The number of benzene rings is 1. The Morgan fingerprint density at radius 3 is 2.90 bits per heavy atom. The maximum absolute atomic E-state index is 4.71. The van der Waals surface area contributed by atoms with Crippen LogP contribution in [0.5, 0.6) is 0 Å². The molecule has 0 spiro atoms. The summed E-state index contributed by atoms with van der Waals surface area (Å²) in [4.78, 5) is 8.32. The van der Waals surface area contributed by atoms with Crippen molar-refractivity contribution in [2.75, 3.05) is 31.1 Å². The standard InChI is InChI=1S/C14H17N5S/c1-2-4-11-10(3-1)9-12(20-11)13-16-14(18-17-13)19-7-5-15-6-8-19/h1-4,12,15H,5-9H2,(H,16,17,18). The van der Waals surface area contributed by atoms with Crippen molar-refractivity contribution in [2.24, 2.45) is 0 Å². The van der Waals surface area contributed by atoms with Crippen molar-refractivity contribution < 1.29 is 0 Å². The second kappa shape index (κ2) is 5.10. The van der Waals surface area contributed by atoms with Crippen LogP contribution in [0.2, 0.25) is 0 Å². The Labute approximate surface area is 122 Å². The van der Waals surface area contributed by atoms with E-state index in [2.05, 4.69) is 44.7 Å². The lowest BCUT2D eigenvalue weighted by atomic mass is 10.1. The monoisotopic (exact) mass is 287 g/mol. The highest BCUT2D eigenvalue weighted by Gasteiger charge is 2.27. The molecule has 1 saturated heterocycles. The van der Waals surface area contributed by atoms with Crippen molar-refractivity contribution in [1.29, 1.82) is 0 Å². The summed E-state index contributed by atoms with van der Waals surface area (Å²) in [6.45, 7) is 3.98. The number of fused-ring (bicyclic) bond motifs is 1. The van der Waals surface area contributed by atoms with E-state index in [4.69, 9.17) is 4.98 Å². The van der Waals surface area contributed by atoms with Gasteiger partial charge in [-0.1, -0.05) is 18.2 Å². The summed E-state index contributed by atoms with van der Waals surface area (Å²) in [5, 5.41) is 11.3. The number of hydrogen-bond donors (Lipinski definition) is 2. The SMILES string of the molecule is c1ccc2c(c1)CC(c1nc(N3CCNCC3)n[nH]1)S2. The van der Waals surface area contributed by atoms with E-state index in [-0.39, 0.29) is 0 Å². The normalized spacial score (nSPS) is 22.0. The van der Waals surface area contributed by atoms with Gasteiger partial charge in [-0.3, -0.25) is 5.10 Å². The molecule has 1 aromatic heterocycles. The molecule has 1 aromatic carbocycles. The summed E-state index contributed by atoms with van der Waals surface area (Å²) in [7, 11) is 0. The zero-order chi connectivity index (χ0) is 13.4. The first-order valence-corrected chi connectivity index (χ1v) is 7.90. The predicted molar refractivity (Wildman–Crippen MR) is 80.2 cm³/mol. The highest BCUT2D eigenvalue weighted by molar-refractivity contribution is 7.99. The van der Waals surface area contributed by atoms with Crippen molar-refractivity contribution in [3.63, 3.8) is 0 Å². The number of aromatic amines is 1. The van der Waals surface area contributed by atoms with Crippen molar-refractivity contribution >= 4 is 17.7 Å². The Balaban J connectivity index is 1.52. The molecule has 1 atom stereocenters. The molecule has 1 unspecified atom stereocenters. The van der Waals surface area contributed by atoms with Crippen LogP contribution in [0.3, 0.4) is 0 Å². The number of piperazine rings is 1. The van der Waals surface area contributed by atoms with Gasteiger partial charge < -0.3 is 10.2 Å². The molecular weight excluding hydrogens is 270 g/mol. The van der Waals surface area contributed by atoms with Crippen molar-refractivity contribution in [2.45, 2.75) is 16.6 Å². The molecule has 0 aliphatic carbocycles. The van der Waals surface area contributed by atoms with Gasteiger partial charge in [-0.15, -0.1) is 16.9 Å². The van der Waals surface area contributed by atoms with E-state index in [1.807, 2.05) is 11.8 Å². The summed E-state index contributed by atoms with van der Waals surface area (Å²) < 4.78 is 0. The van der Waals surface area contributed by atoms with Crippen LogP contribution in [-0.4, -0.2) is 41.4 Å². The van der Waals surface area contributed by atoms with Gasteiger partial charge in [0.25, 0.3) is 0 Å². The molecule has 1 fully saturated rings. The molecule has 0 radical (unpaired) electrons. The first-order valence-electron chi connectivity index (χ1n) is 7.03. The van der Waals surface area contributed by atoms with Crippen LogP contribution in [-0.2, 0) is 6.42 Å². The van der Waals surface area contributed by atoms with Crippen LogP contribution in [0.25, 0.3) is 0 Å². The maximum Gasteiger partial charge on any atom is 0.244 e. The third-order valence-corrected chi connectivity index (χ3v) is 5.17. The van der Waals surface area contributed by atoms with Gasteiger partial charge in [0, 0.05) is 31.1 Å². The van der Waals surface area contributed by atoms with Gasteiger partial charge in [0.05, 0.1) is 5.25 Å². The largest absolute Gasteiger partial charge is 0.337 e. The van der Waals surface area contributed by atoms with Crippen molar-refractivity contribution in [3.8, 4) is 0 Å². The molecule has 4 rings (SSSR count). The molecule has 3 heterocycles. The fourth-order valence-corrected chi connectivity index (χ4v) is 4.00. The summed E-state index contributed by atoms with van der Waals surface area (Å²) >= 11 is 1.88. The summed E-state index contributed by atoms with van der Waals surface area (Å²) in [5.74, 6) is 1.85. The number of aromatic nitrogens is 3. The van der Waals surface area contributed by atoms with E-state index >= 15 is 0 Å². The van der Waals surface area contributed by atoms with Gasteiger partial charge in [-0.05, 0) is 18.1 Å². The lowest BCUT2D eigenvalue weighted by Gasteiger charge is -2.25. The topological polar surface area (TPSA) is 56.8 Å². The fraction of sp³-hybridized carbons (Fsp3) is 0.429. The number of H-pyrrole nitrogens is 1. The average Bonchev–Trinajstić information content (AvgIpc) is 3.14. The average molecular weight is 287 g/mol. The molecule has 0 bridgehead atoms. The minimum absolute atomic E-state index is 0.372. The first-order chi connectivity index (χ1) is 9.90. The van der Waals surface area contributed by atoms with E-state index in [0.29, 0.717) is 5.25 Å². The van der Waals surface area contributed by atoms with Crippen LogP contribution < -0.4 is 10.2 Å². The summed E-state index contributed by atoms with van der Waals surface area (Å²) in [6.07, 6.45) is 1.04. The molecule has 2 N–H and O–H groups in total. The Bertz CT molecular complexity index is 580. The smallest absolute Gasteiger partial charge is 0.244 e. The minimum atomic E-state index is 0.372. The van der Waals surface area contributed by atoms with Gasteiger partial charge in [0.2, 0.25) is 5.95 Å². The summed E-state index contributed by atoms with van der Waals surface area (Å²) in [5.41, 5.74) is 1.42. The Morgan fingerprint density at radius 1 is 1.20 bits per heavy atom. The molecule has 0 saturated carbocycles. The Kier molecular flexibility index (Phi) is 3.12. The second-order valence-electron chi connectivity index (χ2n) is 5.18. The number of anilines is 1. The van der Waals surface area contributed by atoms with Crippen LogP contribution in [0.15, 0.2) is 29.2 Å². The quantitative estimate of drug-likeness (QED) is 0.879. The van der Waals surface area contributed by atoms with Gasteiger partial charge in [0.1, 0.15) is 5.82 Å². The molecule has 5 nitrogen and oxygen atoms in total. The van der Waals surface area contributed by atoms with Gasteiger partial charge in [0.15, 0.2) is 0 Å². The van der Waals surface area contributed by atoms with E-state index < -0.39 is 0 Å². The predicted octanol–water partition coefficient (Wildman–Crippen LogP) is 1.60. The molecule has 2 aliphatic rings. The highest BCUT2D eigenvalue weighted by atomic mass is 32.2. The fourth-order valence-electron chi connectivity index (χ4n) is 2.75. The first kappa shape index (κ1) is 12.2. The zero-order valence-electron chi connectivity index (χ0n) is 11.2. The number of hydrogen-bond acceptors (Lipinski definition) is 5. The van der Waals surface area contributed by atoms with Crippen LogP contribution >= 0.6 is 11.8 Å². The van der Waals surface area contributed by atoms with E-state index in [1.54, 1.807) is 0 Å². The molecule has 0 amide bonds. The summed E-state index contributed by atoms with van der Waals surface area (Å²) in [6, 6.07) is 8.60. The molecule has 104 valence electrons. The highest BCUT2D eigenvalue weighted by Crippen LogP contribution is 2.45. The number of nitrogens with zero attached hydrogens (tertiary/aromatic N) is 3. The molecular formula is C14H17N5S. The van der Waals surface area contributed by atoms with E-state index in [1.165, 1.54) is 10.5 Å². The van der Waals surface area contributed by atoms with E-state index in [9.17, 15) is 0 Å². The lowest BCUT2D eigenvalue weighted by Crippen LogP contribution is -2.44. The maximum atomic E-state index is 4.71. The van der Waals surface area contributed by atoms with Crippen LogP contribution in [0.4, 0.5) is 5.95 Å². The lowest BCUT2D eigenvalue weighted by molar-refractivity contribution is 0.580. The van der Waals surface area contributed by atoms with E-state index in [0.717, 1.165) is 44.4 Å². The second-order valence-corrected chi connectivity index (χ2v) is 6.42. The molecule has 2 aromatic rings. The number of rotatable bonds is 2. The third kappa shape index (κ3) is 2.19. The molecule has 20 heavy (non-hydrogen) atoms. The number of thioether (sulfide) groups is 1.